The van der Waals surface area contributed by atoms with Crippen LogP contribution in [0.25, 0.3) is 0 Å². The van der Waals surface area contributed by atoms with Gasteiger partial charge in [0.1, 0.15) is 0 Å². The number of aliphatic hydroxyl groups excluding tert-OH is 1. The van der Waals surface area contributed by atoms with Gasteiger partial charge < -0.3 is 9.84 Å². The molecule has 1 fully saturated rings. The van der Waals surface area contributed by atoms with Crippen LogP contribution in [0, 0.1) is 5.92 Å². The first-order valence-corrected chi connectivity index (χ1v) is 4.02. The summed E-state index contributed by atoms with van der Waals surface area (Å²) in [6, 6.07) is 0. The highest BCUT2D eigenvalue weighted by molar-refractivity contribution is 4.74. The lowest BCUT2D eigenvalue weighted by molar-refractivity contribution is 0.000284. The molecule has 0 radical (unpaired) electrons. The summed E-state index contributed by atoms with van der Waals surface area (Å²) in [7, 11) is 1.73. The van der Waals surface area contributed by atoms with Crippen molar-refractivity contribution < 1.29 is 9.84 Å². The average Bonchev–Trinajstić information content (AvgIpc) is 2.04. The summed E-state index contributed by atoms with van der Waals surface area (Å²) in [6.07, 6.45) is 5.09. The van der Waals surface area contributed by atoms with Gasteiger partial charge in [0.25, 0.3) is 0 Å². The van der Waals surface area contributed by atoms with Crippen molar-refractivity contribution >= 4 is 0 Å². The van der Waals surface area contributed by atoms with Crippen molar-refractivity contribution in [3.05, 3.63) is 0 Å². The molecule has 0 spiro atoms. The van der Waals surface area contributed by atoms with Crippen LogP contribution in [-0.2, 0) is 4.74 Å². The van der Waals surface area contributed by atoms with Crippen LogP contribution >= 0.6 is 0 Å². The van der Waals surface area contributed by atoms with Crippen molar-refractivity contribution in [2.75, 3.05) is 13.7 Å². The van der Waals surface area contributed by atoms with Gasteiger partial charge in [-0.25, -0.2) is 0 Å². The Morgan fingerprint density at radius 2 is 2.10 bits per heavy atom. The Morgan fingerprint density at radius 3 is 2.60 bits per heavy atom. The van der Waals surface area contributed by atoms with Crippen LogP contribution < -0.4 is 0 Å². The van der Waals surface area contributed by atoms with E-state index >= 15 is 0 Å². The third-order valence-corrected chi connectivity index (χ3v) is 2.38. The van der Waals surface area contributed by atoms with Gasteiger partial charge in [-0.3, -0.25) is 0 Å². The van der Waals surface area contributed by atoms with Gasteiger partial charge >= 0.3 is 0 Å². The second-order valence-electron chi connectivity index (χ2n) is 3.00. The number of hydrogen-bond donors (Lipinski definition) is 1. The highest BCUT2D eigenvalue weighted by atomic mass is 16.5. The maximum atomic E-state index is 8.91. The summed E-state index contributed by atoms with van der Waals surface area (Å²) in [5.74, 6) is 0.402. The molecule has 0 aromatic rings. The molecule has 0 aliphatic heterocycles. The number of hydrogen-bond acceptors (Lipinski definition) is 2. The van der Waals surface area contributed by atoms with Crippen molar-refractivity contribution in [2.45, 2.75) is 31.8 Å². The van der Waals surface area contributed by atoms with E-state index in [0.29, 0.717) is 18.6 Å². The molecule has 1 N–H and O–H groups in total. The Morgan fingerprint density at radius 1 is 1.40 bits per heavy atom. The lowest BCUT2D eigenvalue weighted by Crippen LogP contribution is -2.29. The van der Waals surface area contributed by atoms with Gasteiger partial charge in [-0.2, -0.15) is 0 Å². The van der Waals surface area contributed by atoms with Gasteiger partial charge in [-0.05, 0) is 12.8 Å². The molecule has 0 amide bonds. The molecule has 1 aliphatic carbocycles. The van der Waals surface area contributed by atoms with Crippen LogP contribution in [0.1, 0.15) is 25.7 Å². The van der Waals surface area contributed by atoms with Gasteiger partial charge in [0.15, 0.2) is 0 Å². The van der Waals surface area contributed by atoms with E-state index in [4.69, 9.17) is 9.84 Å². The van der Waals surface area contributed by atoms with E-state index < -0.39 is 0 Å². The Bertz CT molecular complexity index is 81.3. The predicted octanol–water partition coefficient (Wildman–Crippen LogP) is 1.18. The highest BCUT2D eigenvalue weighted by Gasteiger charge is 2.23. The fourth-order valence-electron chi connectivity index (χ4n) is 1.69. The monoisotopic (exact) mass is 144 g/mol. The first-order valence-electron chi connectivity index (χ1n) is 4.02. The van der Waals surface area contributed by atoms with Crippen LogP contribution in [-0.4, -0.2) is 24.9 Å². The van der Waals surface area contributed by atoms with Gasteiger partial charge in [-0.1, -0.05) is 12.8 Å². The summed E-state index contributed by atoms with van der Waals surface area (Å²) in [4.78, 5) is 0. The molecule has 1 rings (SSSR count). The lowest BCUT2D eigenvalue weighted by atomic mass is 9.87. The Balaban J connectivity index is 2.34. The van der Waals surface area contributed by atoms with E-state index in [9.17, 15) is 0 Å². The SMILES string of the molecule is COC1CCCCC1CO. The number of rotatable bonds is 2. The molecule has 2 nitrogen and oxygen atoms in total. The molecule has 10 heavy (non-hydrogen) atoms. The number of aliphatic hydroxyl groups is 1. The maximum Gasteiger partial charge on any atom is 0.0621 e. The molecule has 2 unspecified atom stereocenters. The Labute approximate surface area is 62.2 Å². The zero-order chi connectivity index (χ0) is 7.40. The molecular formula is C8H16O2. The molecule has 1 saturated carbocycles. The molecule has 0 bridgehead atoms. The van der Waals surface area contributed by atoms with Crippen molar-refractivity contribution in [1.29, 1.82) is 0 Å². The van der Waals surface area contributed by atoms with Gasteiger partial charge in [0.2, 0.25) is 0 Å². The summed E-state index contributed by atoms with van der Waals surface area (Å²) >= 11 is 0. The van der Waals surface area contributed by atoms with Gasteiger partial charge in [0, 0.05) is 19.6 Å². The molecule has 0 aromatic heterocycles. The van der Waals surface area contributed by atoms with Crippen LogP contribution in [0.15, 0.2) is 0 Å². The van der Waals surface area contributed by atoms with Gasteiger partial charge in [-0.15, -0.1) is 0 Å². The summed E-state index contributed by atoms with van der Waals surface area (Å²) < 4.78 is 5.23. The van der Waals surface area contributed by atoms with Crippen LogP contribution in [0.4, 0.5) is 0 Å². The zero-order valence-corrected chi connectivity index (χ0v) is 6.55. The minimum absolute atomic E-state index is 0.290. The van der Waals surface area contributed by atoms with Crippen molar-refractivity contribution in [3.8, 4) is 0 Å². The zero-order valence-electron chi connectivity index (χ0n) is 6.55. The lowest BCUT2D eigenvalue weighted by Gasteiger charge is -2.28. The molecule has 2 atom stereocenters. The normalized spacial score (nSPS) is 34.2. The summed E-state index contributed by atoms with van der Waals surface area (Å²) in [5.41, 5.74) is 0. The van der Waals surface area contributed by atoms with Crippen LogP contribution in [0.5, 0.6) is 0 Å². The molecule has 1 aliphatic rings. The van der Waals surface area contributed by atoms with E-state index in [2.05, 4.69) is 0 Å². The fraction of sp³-hybridized carbons (Fsp3) is 1.00. The fourth-order valence-corrected chi connectivity index (χ4v) is 1.69. The average molecular weight is 144 g/mol. The minimum atomic E-state index is 0.290. The van der Waals surface area contributed by atoms with Crippen LogP contribution in [0.3, 0.4) is 0 Å². The molecule has 0 heterocycles. The van der Waals surface area contributed by atoms with E-state index in [0.717, 1.165) is 12.8 Å². The van der Waals surface area contributed by atoms with E-state index in [1.807, 2.05) is 0 Å². The standard InChI is InChI=1S/C8H16O2/c1-10-8-5-3-2-4-7(8)6-9/h7-9H,2-6H2,1H3. The summed E-state index contributed by atoms with van der Waals surface area (Å²) in [5, 5.41) is 8.91. The van der Waals surface area contributed by atoms with Crippen molar-refractivity contribution in [2.24, 2.45) is 5.92 Å². The maximum absolute atomic E-state index is 8.91. The second kappa shape index (κ2) is 3.94. The molecule has 0 aromatic carbocycles. The van der Waals surface area contributed by atoms with Crippen molar-refractivity contribution in [3.63, 3.8) is 0 Å². The third-order valence-electron chi connectivity index (χ3n) is 2.38. The second-order valence-corrected chi connectivity index (χ2v) is 3.00. The first-order chi connectivity index (χ1) is 4.88. The van der Waals surface area contributed by atoms with E-state index in [-0.39, 0.29) is 0 Å². The minimum Gasteiger partial charge on any atom is -0.396 e. The Hall–Kier alpha value is -0.0800. The first kappa shape index (κ1) is 8.02. The third kappa shape index (κ3) is 1.70. The Kier molecular flexibility index (Phi) is 3.16. The quantitative estimate of drug-likeness (QED) is 0.630. The smallest absolute Gasteiger partial charge is 0.0621 e. The number of methoxy groups -OCH3 is 1. The summed E-state index contributed by atoms with van der Waals surface area (Å²) in [6.45, 7) is 0.290. The molecule has 2 heteroatoms. The van der Waals surface area contributed by atoms with E-state index in [1.165, 1.54) is 12.8 Å². The van der Waals surface area contributed by atoms with E-state index in [1.54, 1.807) is 7.11 Å². The van der Waals surface area contributed by atoms with Gasteiger partial charge in [0.05, 0.1) is 6.10 Å². The molecule has 0 saturated heterocycles. The highest BCUT2D eigenvalue weighted by Crippen LogP contribution is 2.25. The molecular weight excluding hydrogens is 128 g/mol. The topological polar surface area (TPSA) is 29.5 Å². The van der Waals surface area contributed by atoms with Crippen molar-refractivity contribution in [1.82, 2.24) is 0 Å². The molecule has 60 valence electrons. The number of ether oxygens (including phenoxy) is 1. The predicted molar refractivity (Wildman–Crippen MR) is 39.8 cm³/mol. The van der Waals surface area contributed by atoms with Crippen LogP contribution in [0.2, 0.25) is 0 Å². The largest absolute Gasteiger partial charge is 0.396 e.